The Morgan fingerprint density at radius 3 is 2.55 bits per heavy atom. The van der Waals surface area contributed by atoms with Crippen LogP contribution < -0.4 is 10.2 Å². The molecule has 0 atom stereocenters. The molecule has 0 bridgehead atoms. The van der Waals surface area contributed by atoms with E-state index in [1.54, 1.807) is 12.1 Å². The molecule has 0 saturated carbocycles. The van der Waals surface area contributed by atoms with Crippen molar-refractivity contribution in [2.75, 3.05) is 24.5 Å². The number of piperidine rings is 1. The van der Waals surface area contributed by atoms with Crippen molar-refractivity contribution in [2.45, 2.75) is 19.3 Å². The molecule has 0 aliphatic carbocycles. The van der Waals surface area contributed by atoms with E-state index in [1.165, 1.54) is 5.56 Å². The van der Waals surface area contributed by atoms with Gasteiger partial charge in [0.15, 0.2) is 0 Å². The minimum atomic E-state index is 0.0284. The molecule has 0 spiro atoms. The number of halogens is 1. The van der Waals surface area contributed by atoms with E-state index >= 15 is 0 Å². The molecule has 1 saturated heterocycles. The summed E-state index contributed by atoms with van der Waals surface area (Å²) in [6.45, 7) is 2.11. The lowest BCUT2D eigenvalue weighted by Gasteiger charge is -2.29. The first-order valence-corrected chi connectivity index (χ1v) is 10.2. The van der Waals surface area contributed by atoms with Crippen molar-refractivity contribution >= 4 is 23.5 Å². The van der Waals surface area contributed by atoms with Crippen LogP contribution in [0.25, 0.3) is 11.4 Å². The summed E-state index contributed by atoms with van der Waals surface area (Å²) in [6, 6.07) is 18.0. The molecular formula is C22H23ClN4O2. The molecule has 2 aromatic carbocycles. The maximum absolute atomic E-state index is 12.5. The van der Waals surface area contributed by atoms with Gasteiger partial charge >= 0.3 is 6.01 Å². The fourth-order valence-electron chi connectivity index (χ4n) is 3.51. The third-order valence-corrected chi connectivity index (χ3v) is 5.46. The van der Waals surface area contributed by atoms with Gasteiger partial charge in [0.2, 0.25) is 11.7 Å². The molecule has 1 fully saturated rings. The van der Waals surface area contributed by atoms with E-state index in [0.717, 1.165) is 37.9 Å². The second-order valence-corrected chi connectivity index (χ2v) is 7.63. The Morgan fingerprint density at radius 1 is 1.10 bits per heavy atom. The predicted molar refractivity (Wildman–Crippen MR) is 113 cm³/mol. The van der Waals surface area contributed by atoms with Gasteiger partial charge in [-0.25, -0.2) is 0 Å². The van der Waals surface area contributed by atoms with Gasteiger partial charge in [0.1, 0.15) is 0 Å². The maximum Gasteiger partial charge on any atom is 0.324 e. The minimum Gasteiger partial charge on any atom is -0.356 e. The van der Waals surface area contributed by atoms with Gasteiger partial charge in [0.25, 0.3) is 0 Å². The number of amides is 1. The highest BCUT2D eigenvalue weighted by Crippen LogP contribution is 2.25. The summed E-state index contributed by atoms with van der Waals surface area (Å²) in [5, 5.41) is 7.80. The lowest BCUT2D eigenvalue weighted by atomic mass is 9.96. The second-order valence-electron chi connectivity index (χ2n) is 7.20. The van der Waals surface area contributed by atoms with Crippen molar-refractivity contribution in [1.82, 2.24) is 15.5 Å². The molecule has 4 rings (SSSR count). The normalized spacial score (nSPS) is 14.7. The summed E-state index contributed by atoms with van der Waals surface area (Å²) < 4.78 is 5.43. The van der Waals surface area contributed by atoms with Gasteiger partial charge in [-0.2, -0.15) is 4.98 Å². The molecule has 29 heavy (non-hydrogen) atoms. The van der Waals surface area contributed by atoms with Gasteiger partial charge in [0, 0.05) is 36.1 Å². The van der Waals surface area contributed by atoms with E-state index in [9.17, 15) is 4.79 Å². The van der Waals surface area contributed by atoms with Gasteiger partial charge in [0.05, 0.1) is 0 Å². The smallest absolute Gasteiger partial charge is 0.324 e. The van der Waals surface area contributed by atoms with Crippen LogP contribution in [-0.4, -0.2) is 35.7 Å². The lowest BCUT2D eigenvalue weighted by Crippen LogP contribution is -2.41. The third-order valence-electron chi connectivity index (χ3n) is 5.21. The number of aromatic nitrogens is 2. The zero-order valence-corrected chi connectivity index (χ0v) is 16.8. The topological polar surface area (TPSA) is 71.3 Å². The van der Waals surface area contributed by atoms with Crippen molar-refractivity contribution in [3.63, 3.8) is 0 Å². The Hall–Kier alpha value is -2.86. The molecule has 0 radical (unpaired) electrons. The standard InChI is InChI=1S/C22H23ClN4O2/c23-19-8-6-17(7-9-19)20-25-22(29-26-20)27-14-11-18(12-15-27)21(28)24-13-10-16-4-2-1-3-5-16/h1-9,18H,10-15H2,(H,24,28). The molecule has 3 aromatic rings. The number of benzene rings is 2. The molecular weight excluding hydrogens is 388 g/mol. The van der Waals surface area contributed by atoms with E-state index < -0.39 is 0 Å². The van der Waals surface area contributed by atoms with Crippen molar-refractivity contribution < 1.29 is 9.32 Å². The van der Waals surface area contributed by atoms with Crippen LogP contribution in [0.2, 0.25) is 5.02 Å². The van der Waals surface area contributed by atoms with Crippen molar-refractivity contribution in [3.05, 3.63) is 65.2 Å². The molecule has 1 amide bonds. The molecule has 150 valence electrons. The first kappa shape index (κ1) is 19.5. The van der Waals surface area contributed by atoms with Crippen LogP contribution in [0.3, 0.4) is 0 Å². The Kier molecular flexibility index (Phi) is 6.10. The van der Waals surface area contributed by atoms with Crippen LogP contribution in [0.1, 0.15) is 18.4 Å². The summed E-state index contributed by atoms with van der Waals surface area (Å²) in [4.78, 5) is 19.0. The first-order chi connectivity index (χ1) is 14.2. The number of hydrogen-bond acceptors (Lipinski definition) is 5. The van der Waals surface area contributed by atoms with E-state index in [-0.39, 0.29) is 11.8 Å². The van der Waals surface area contributed by atoms with Crippen LogP contribution in [0.5, 0.6) is 0 Å². The van der Waals surface area contributed by atoms with Gasteiger partial charge in [-0.3, -0.25) is 4.79 Å². The first-order valence-electron chi connectivity index (χ1n) is 9.85. The zero-order chi connectivity index (χ0) is 20.1. The monoisotopic (exact) mass is 410 g/mol. The van der Waals surface area contributed by atoms with E-state index in [0.29, 0.717) is 23.4 Å². The molecule has 1 aliphatic rings. The number of nitrogens with zero attached hydrogens (tertiary/aromatic N) is 3. The molecule has 1 aromatic heterocycles. The maximum atomic E-state index is 12.5. The van der Waals surface area contributed by atoms with Crippen LogP contribution in [-0.2, 0) is 11.2 Å². The number of nitrogens with one attached hydrogen (secondary N) is 1. The summed E-state index contributed by atoms with van der Waals surface area (Å²) in [7, 11) is 0. The molecule has 2 heterocycles. The SMILES string of the molecule is O=C(NCCc1ccccc1)C1CCN(c2nc(-c3ccc(Cl)cc3)no2)CC1. The lowest BCUT2D eigenvalue weighted by molar-refractivity contribution is -0.125. The fraction of sp³-hybridized carbons (Fsp3) is 0.318. The number of hydrogen-bond donors (Lipinski definition) is 1. The van der Waals surface area contributed by atoms with Crippen LogP contribution in [0, 0.1) is 5.92 Å². The molecule has 7 heteroatoms. The van der Waals surface area contributed by atoms with Gasteiger partial charge < -0.3 is 14.7 Å². The average molecular weight is 411 g/mol. The van der Waals surface area contributed by atoms with Crippen LogP contribution >= 0.6 is 11.6 Å². The quantitative estimate of drug-likeness (QED) is 0.665. The number of anilines is 1. The third kappa shape index (κ3) is 4.95. The van der Waals surface area contributed by atoms with Gasteiger partial charge in [-0.05, 0) is 49.1 Å². The molecule has 0 unspecified atom stereocenters. The summed E-state index contributed by atoms with van der Waals surface area (Å²) in [5.74, 6) is 0.700. The fourth-order valence-corrected chi connectivity index (χ4v) is 3.64. The predicted octanol–water partition coefficient (Wildman–Crippen LogP) is 3.97. The number of carbonyl (C=O) groups excluding carboxylic acids is 1. The van der Waals surface area contributed by atoms with Crippen LogP contribution in [0.15, 0.2) is 59.1 Å². The summed E-state index contributed by atoms with van der Waals surface area (Å²) >= 11 is 5.92. The summed E-state index contributed by atoms with van der Waals surface area (Å²) in [5.41, 5.74) is 2.09. The highest BCUT2D eigenvalue weighted by Gasteiger charge is 2.27. The Balaban J connectivity index is 1.26. The zero-order valence-electron chi connectivity index (χ0n) is 16.1. The Bertz CT molecular complexity index is 935. The van der Waals surface area contributed by atoms with Crippen molar-refractivity contribution in [3.8, 4) is 11.4 Å². The highest BCUT2D eigenvalue weighted by atomic mass is 35.5. The highest BCUT2D eigenvalue weighted by molar-refractivity contribution is 6.30. The van der Waals surface area contributed by atoms with Crippen molar-refractivity contribution in [1.29, 1.82) is 0 Å². The molecule has 1 aliphatic heterocycles. The van der Waals surface area contributed by atoms with Gasteiger partial charge in [-0.15, -0.1) is 0 Å². The molecule has 1 N–H and O–H groups in total. The van der Waals surface area contributed by atoms with Crippen LogP contribution in [0.4, 0.5) is 6.01 Å². The largest absolute Gasteiger partial charge is 0.356 e. The minimum absolute atomic E-state index is 0.0284. The van der Waals surface area contributed by atoms with E-state index in [2.05, 4.69) is 27.6 Å². The average Bonchev–Trinajstić information content (AvgIpc) is 3.25. The van der Waals surface area contributed by atoms with E-state index in [4.69, 9.17) is 16.1 Å². The van der Waals surface area contributed by atoms with Gasteiger partial charge in [-0.1, -0.05) is 47.1 Å². The van der Waals surface area contributed by atoms with Crippen molar-refractivity contribution in [2.24, 2.45) is 5.92 Å². The molecule has 6 nitrogen and oxygen atoms in total. The second kappa shape index (κ2) is 9.09. The summed E-state index contributed by atoms with van der Waals surface area (Å²) in [6.07, 6.45) is 2.40. The Labute approximate surface area is 174 Å². The van der Waals surface area contributed by atoms with E-state index in [1.807, 2.05) is 35.2 Å². The number of rotatable bonds is 6. The Morgan fingerprint density at radius 2 is 1.83 bits per heavy atom. The number of carbonyl (C=O) groups is 1.